The van der Waals surface area contributed by atoms with Crippen molar-refractivity contribution in [1.82, 2.24) is 4.98 Å². The first-order chi connectivity index (χ1) is 10.5. The minimum atomic E-state index is -3.63. The molecule has 0 unspecified atom stereocenters. The van der Waals surface area contributed by atoms with Crippen LogP contribution in [0.3, 0.4) is 0 Å². The molecule has 1 N–H and O–H groups in total. The lowest BCUT2D eigenvalue weighted by Gasteiger charge is -2.05. The second-order valence-corrected chi connectivity index (χ2v) is 7.88. The number of hydrogen-bond donors (Lipinski definition) is 1. The van der Waals surface area contributed by atoms with Gasteiger partial charge in [-0.3, -0.25) is 4.72 Å². The summed E-state index contributed by atoms with van der Waals surface area (Å²) in [5.41, 5.74) is 1.81. The van der Waals surface area contributed by atoms with Gasteiger partial charge in [-0.1, -0.05) is 42.0 Å². The summed E-state index contributed by atoms with van der Waals surface area (Å²) in [5, 5.41) is 0.928. The smallest absolute Gasteiger partial charge is 0.255 e. The first-order valence-corrected chi connectivity index (χ1v) is 9.33. The summed E-state index contributed by atoms with van der Waals surface area (Å²) in [5.74, 6) is 0. The zero-order valence-electron chi connectivity index (χ0n) is 11.7. The number of thiazole rings is 1. The quantitative estimate of drug-likeness (QED) is 0.761. The van der Waals surface area contributed by atoms with Crippen molar-refractivity contribution >= 4 is 48.3 Å². The van der Waals surface area contributed by atoms with Crippen LogP contribution in [0.15, 0.2) is 47.4 Å². The zero-order valence-corrected chi connectivity index (χ0v) is 14.1. The Balaban J connectivity index is 1.91. The molecule has 1 aromatic heterocycles. The Labute approximate surface area is 137 Å². The molecule has 0 radical (unpaired) electrons. The van der Waals surface area contributed by atoms with Gasteiger partial charge in [0.25, 0.3) is 10.0 Å². The zero-order chi connectivity index (χ0) is 15.7. The molecule has 3 rings (SSSR count). The van der Waals surface area contributed by atoms with Crippen molar-refractivity contribution in [3.05, 3.63) is 53.1 Å². The summed E-state index contributed by atoms with van der Waals surface area (Å²) in [4.78, 5) is 4.49. The van der Waals surface area contributed by atoms with E-state index in [2.05, 4.69) is 9.71 Å². The van der Waals surface area contributed by atoms with Crippen LogP contribution < -0.4 is 4.72 Å². The molecule has 0 saturated carbocycles. The molecule has 0 aliphatic carbocycles. The SMILES string of the molecule is CCc1ccc(S(=O)(=O)Nc2nc3ccc(Cl)cc3s2)cc1. The maximum absolute atomic E-state index is 12.4. The van der Waals surface area contributed by atoms with Gasteiger partial charge >= 0.3 is 0 Å². The maximum atomic E-state index is 12.4. The molecule has 1 heterocycles. The van der Waals surface area contributed by atoms with Gasteiger partial charge in [-0.2, -0.15) is 0 Å². The Morgan fingerprint density at radius 2 is 1.91 bits per heavy atom. The number of rotatable bonds is 4. The van der Waals surface area contributed by atoms with Crippen LogP contribution in [0.25, 0.3) is 10.2 Å². The molecule has 0 atom stereocenters. The van der Waals surface area contributed by atoms with Gasteiger partial charge in [0.05, 0.1) is 15.1 Å². The van der Waals surface area contributed by atoms with E-state index in [0.29, 0.717) is 15.7 Å². The number of fused-ring (bicyclic) bond motifs is 1. The fraction of sp³-hybridized carbons (Fsp3) is 0.133. The second kappa shape index (κ2) is 5.87. The van der Waals surface area contributed by atoms with E-state index in [9.17, 15) is 8.42 Å². The van der Waals surface area contributed by atoms with Gasteiger partial charge in [0.1, 0.15) is 0 Å². The van der Waals surface area contributed by atoms with Gasteiger partial charge in [-0.25, -0.2) is 13.4 Å². The van der Waals surface area contributed by atoms with Crippen molar-refractivity contribution in [1.29, 1.82) is 0 Å². The number of nitrogens with one attached hydrogen (secondary N) is 1. The molecule has 114 valence electrons. The van der Waals surface area contributed by atoms with E-state index >= 15 is 0 Å². The molecular weight excluding hydrogens is 340 g/mol. The van der Waals surface area contributed by atoms with E-state index in [4.69, 9.17) is 11.6 Å². The van der Waals surface area contributed by atoms with Gasteiger partial charge in [0.2, 0.25) is 0 Å². The number of aromatic nitrogens is 1. The van der Waals surface area contributed by atoms with Crippen LogP contribution in [-0.4, -0.2) is 13.4 Å². The molecule has 0 spiro atoms. The predicted molar refractivity (Wildman–Crippen MR) is 91.3 cm³/mol. The van der Waals surface area contributed by atoms with Crippen molar-refractivity contribution in [2.24, 2.45) is 0 Å². The van der Waals surface area contributed by atoms with Crippen LogP contribution in [0.1, 0.15) is 12.5 Å². The van der Waals surface area contributed by atoms with E-state index < -0.39 is 10.0 Å². The molecule has 0 bridgehead atoms. The molecule has 2 aromatic carbocycles. The third kappa shape index (κ3) is 3.09. The molecule has 0 saturated heterocycles. The number of hydrogen-bond acceptors (Lipinski definition) is 4. The number of nitrogens with zero attached hydrogens (tertiary/aromatic N) is 1. The first-order valence-electron chi connectivity index (χ1n) is 6.66. The van der Waals surface area contributed by atoms with E-state index in [0.717, 1.165) is 16.7 Å². The van der Waals surface area contributed by atoms with Gasteiger partial charge in [-0.15, -0.1) is 0 Å². The van der Waals surface area contributed by atoms with Crippen LogP contribution in [0.5, 0.6) is 0 Å². The fourth-order valence-corrected chi connectivity index (χ4v) is 4.40. The van der Waals surface area contributed by atoms with Crippen molar-refractivity contribution in [3.63, 3.8) is 0 Å². The third-order valence-electron chi connectivity index (χ3n) is 3.21. The molecule has 0 amide bonds. The number of benzene rings is 2. The van der Waals surface area contributed by atoms with E-state index in [1.165, 1.54) is 11.3 Å². The summed E-state index contributed by atoms with van der Waals surface area (Å²) in [6, 6.07) is 12.1. The molecule has 22 heavy (non-hydrogen) atoms. The monoisotopic (exact) mass is 352 g/mol. The van der Waals surface area contributed by atoms with E-state index in [1.54, 1.807) is 30.3 Å². The Morgan fingerprint density at radius 1 is 1.18 bits per heavy atom. The van der Waals surface area contributed by atoms with Crippen molar-refractivity contribution in [3.8, 4) is 0 Å². The predicted octanol–water partition coefficient (Wildman–Crippen LogP) is 4.31. The summed E-state index contributed by atoms with van der Waals surface area (Å²) >= 11 is 7.18. The number of halogens is 1. The highest BCUT2D eigenvalue weighted by Crippen LogP contribution is 2.29. The van der Waals surface area contributed by atoms with Crippen molar-refractivity contribution in [2.75, 3.05) is 4.72 Å². The molecule has 3 aromatic rings. The second-order valence-electron chi connectivity index (χ2n) is 4.73. The molecule has 0 aliphatic heterocycles. The third-order valence-corrected chi connectivity index (χ3v) is 5.87. The van der Waals surface area contributed by atoms with Gasteiger partial charge in [0.15, 0.2) is 5.13 Å². The largest absolute Gasteiger partial charge is 0.263 e. The van der Waals surface area contributed by atoms with E-state index in [1.807, 2.05) is 19.1 Å². The lowest BCUT2D eigenvalue weighted by atomic mass is 10.2. The Kier molecular flexibility index (Phi) is 4.08. The summed E-state index contributed by atoms with van der Waals surface area (Å²) in [6.45, 7) is 2.02. The summed E-state index contributed by atoms with van der Waals surface area (Å²) in [7, 11) is -3.63. The number of aryl methyl sites for hydroxylation is 1. The molecule has 4 nitrogen and oxygen atoms in total. The van der Waals surface area contributed by atoms with Crippen molar-refractivity contribution < 1.29 is 8.42 Å². The van der Waals surface area contributed by atoms with Gasteiger partial charge in [0, 0.05) is 5.02 Å². The van der Waals surface area contributed by atoms with Gasteiger partial charge in [-0.05, 0) is 42.3 Å². The van der Waals surface area contributed by atoms with Gasteiger partial charge < -0.3 is 0 Å². The average molecular weight is 353 g/mol. The van der Waals surface area contributed by atoms with Crippen molar-refractivity contribution in [2.45, 2.75) is 18.2 Å². The Bertz CT molecular complexity index is 918. The Morgan fingerprint density at radius 3 is 2.59 bits per heavy atom. The minimum Gasteiger partial charge on any atom is -0.255 e. The average Bonchev–Trinajstić information content (AvgIpc) is 2.87. The fourth-order valence-electron chi connectivity index (χ4n) is 2.02. The highest BCUT2D eigenvalue weighted by Gasteiger charge is 2.16. The molecule has 0 fully saturated rings. The normalized spacial score (nSPS) is 11.7. The maximum Gasteiger partial charge on any atom is 0.263 e. The molecular formula is C15H13ClN2O2S2. The van der Waals surface area contributed by atoms with E-state index in [-0.39, 0.29) is 4.90 Å². The number of anilines is 1. The minimum absolute atomic E-state index is 0.224. The lowest BCUT2D eigenvalue weighted by molar-refractivity contribution is 0.601. The first kappa shape index (κ1) is 15.3. The van der Waals surface area contributed by atoms with Crippen LogP contribution >= 0.6 is 22.9 Å². The Hall–Kier alpha value is -1.63. The standard InChI is InChI=1S/C15H13ClN2O2S2/c1-2-10-3-6-12(7-4-10)22(19,20)18-15-17-13-8-5-11(16)9-14(13)21-15/h3-9H,2H2,1H3,(H,17,18). The van der Waals surface area contributed by atoms with Crippen LogP contribution in [0, 0.1) is 0 Å². The summed E-state index contributed by atoms with van der Waals surface area (Å²) in [6.07, 6.45) is 0.867. The topological polar surface area (TPSA) is 59.1 Å². The highest BCUT2D eigenvalue weighted by molar-refractivity contribution is 7.93. The molecule has 7 heteroatoms. The highest BCUT2D eigenvalue weighted by atomic mass is 35.5. The van der Waals surface area contributed by atoms with Crippen LogP contribution in [0.2, 0.25) is 5.02 Å². The van der Waals surface area contributed by atoms with Crippen LogP contribution in [0.4, 0.5) is 5.13 Å². The lowest BCUT2D eigenvalue weighted by Crippen LogP contribution is -2.12. The van der Waals surface area contributed by atoms with Crippen LogP contribution in [-0.2, 0) is 16.4 Å². The number of sulfonamides is 1. The molecule has 0 aliphatic rings. The summed E-state index contributed by atoms with van der Waals surface area (Å²) < 4.78 is 28.1.